The molecular weight excluding hydrogens is 388 g/mol. The number of amidine groups is 1. The molecule has 0 radical (unpaired) electrons. The number of carbonyl (C=O) groups is 1. The molecule has 0 saturated carbocycles. The molecule has 1 aliphatic heterocycles. The van der Waals surface area contributed by atoms with Crippen molar-refractivity contribution >= 4 is 32.4 Å². The van der Waals surface area contributed by atoms with E-state index in [4.69, 9.17) is 0 Å². The van der Waals surface area contributed by atoms with Crippen LogP contribution in [0.3, 0.4) is 0 Å². The van der Waals surface area contributed by atoms with Gasteiger partial charge in [0.1, 0.15) is 28.9 Å². The van der Waals surface area contributed by atoms with Gasteiger partial charge >= 0.3 is 0 Å². The average Bonchev–Trinajstić information content (AvgIpc) is 2.86. The van der Waals surface area contributed by atoms with Gasteiger partial charge in [-0.1, -0.05) is 18.2 Å². The molecule has 2 aromatic rings. The Kier molecular flexibility index (Phi) is 5.28. The summed E-state index contributed by atoms with van der Waals surface area (Å²) in [7, 11) is -3.87. The normalized spacial score (nSPS) is 16.9. The Morgan fingerprint density at radius 1 is 1.11 bits per heavy atom. The summed E-state index contributed by atoms with van der Waals surface area (Å²) < 4.78 is 53.7. The Morgan fingerprint density at radius 2 is 1.79 bits per heavy atom. The molecule has 9 heteroatoms. The van der Waals surface area contributed by atoms with Crippen molar-refractivity contribution in [2.45, 2.75) is 13.8 Å². The van der Waals surface area contributed by atoms with Crippen LogP contribution in [0.5, 0.6) is 0 Å². The summed E-state index contributed by atoms with van der Waals surface area (Å²) in [6.07, 6.45) is 0. The highest BCUT2D eigenvalue weighted by Gasteiger charge is 2.32. The maximum absolute atomic E-state index is 13.5. The van der Waals surface area contributed by atoms with Gasteiger partial charge in [0.15, 0.2) is 0 Å². The third-order valence-corrected chi connectivity index (χ3v) is 5.68. The number of aliphatic imine (C=N–C) groups is 1. The summed E-state index contributed by atoms with van der Waals surface area (Å²) in [5.74, 6) is -1.43. The van der Waals surface area contributed by atoms with E-state index in [9.17, 15) is 22.0 Å². The Hall–Kier alpha value is -3.07. The van der Waals surface area contributed by atoms with Crippen molar-refractivity contribution in [3.63, 3.8) is 0 Å². The fourth-order valence-electron chi connectivity index (χ4n) is 2.71. The Balaban J connectivity index is 1.79. The second-order valence-electron chi connectivity index (χ2n) is 6.24. The standard InChI is InChI=1S/C19H17F2N3O3S/c1-11-3-8-15(9-16(11)21)23-17(25)10-22-19-12(2)18(28(26,27)24-19)13-4-6-14(20)7-5-13/h3-9H,10H2,1-2H3,(H,22,24)(H,23,25). The molecule has 1 aliphatic rings. The number of hydrogen-bond acceptors (Lipinski definition) is 4. The number of nitrogens with zero attached hydrogens (tertiary/aromatic N) is 1. The molecule has 0 fully saturated rings. The largest absolute Gasteiger partial charge is 0.324 e. The van der Waals surface area contributed by atoms with Crippen LogP contribution < -0.4 is 10.0 Å². The van der Waals surface area contributed by atoms with Crippen LogP contribution in [0.4, 0.5) is 14.5 Å². The van der Waals surface area contributed by atoms with Crippen LogP contribution in [-0.4, -0.2) is 26.7 Å². The Morgan fingerprint density at radius 3 is 2.43 bits per heavy atom. The summed E-state index contributed by atoms with van der Waals surface area (Å²) >= 11 is 0. The molecule has 0 spiro atoms. The first kappa shape index (κ1) is 19.7. The second kappa shape index (κ2) is 7.51. The molecule has 1 amide bonds. The number of amides is 1. The lowest BCUT2D eigenvalue weighted by atomic mass is 10.1. The molecule has 0 atom stereocenters. The number of benzene rings is 2. The van der Waals surface area contributed by atoms with Gasteiger partial charge in [0.25, 0.3) is 10.0 Å². The zero-order valence-electron chi connectivity index (χ0n) is 15.1. The van der Waals surface area contributed by atoms with E-state index in [2.05, 4.69) is 15.0 Å². The monoisotopic (exact) mass is 405 g/mol. The summed E-state index contributed by atoms with van der Waals surface area (Å²) in [4.78, 5) is 16.0. The lowest BCUT2D eigenvalue weighted by Gasteiger charge is -2.05. The first-order chi connectivity index (χ1) is 13.2. The summed E-state index contributed by atoms with van der Waals surface area (Å²) in [6.45, 7) is 2.79. The fraction of sp³-hybridized carbons (Fsp3) is 0.158. The molecule has 2 N–H and O–H groups in total. The quantitative estimate of drug-likeness (QED) is 0.820. The van der Waals surface area contributed by atoms with Gasteiger partial charge < -0.3 is 5.32 Å². The van der Waals surface area contributed by atoms with E-state index in [1.54, 1.807) is 19.9 Å². The number of aryl methyl sites for hydroxylation is 1. The van der Waals surface area contributed by atoms with E-state index in [1.807, 2.05) is 0 Å². The zero-order chi connectivity index (χ0) is 20.5. The van der Waals surface area contributed by atoms with Crippen molar-refractivity contribution in [1.29, 1.82) is 0 Å². The minimum atomic E-state index is -3.87. The molecule has 6 nitrogen and oxygen atoms in total. The number of sulfonamides is 1. The predicted octanol–water partition coefficient (Wildman–Crippen LogP) is 2.97. The third-order valence-electron chi connectivity index (χ3n) is 4.14. The molecule has 0 saturated heterocycles. The summed E-state index contributed by atoms with van der Waals surface area (Å²) in [5, 5.41) is 2.50. The first-order valence-corrected chi connectivity index (χ1v) is 9.76. The molecule has 0 aromatic heterocycles. The minimum Gasteiger partial charge on any atom is -0.324 e. The van der Waals surface area contributed by atoms with Gasteiger partial charge in [-0.05, 0) is 49.2 Å². The van der Waals surface area contributed by atoms with Crippen molar-refractivity contribution in [2.24, 2.45) is 4.99 Å². The highest BCUT2D eigenvalue weighted by Crippen LogP contribution is 2.29. The number of anilines is 1. The molecule has 0 aliphatic carbocycles. The van der Waals surface area contributed by atoms with Crippen molar-refractivity contribution in [3.05, 3.63) is 70.8 Å². The number of carbonyl (C=O) groups excluding carboxylic acids is 1. The van der Waals surface area contributed by atoms with E-state index in [0.717, 1.165) is 12.1 Å². The van der Waals surface area contributed by atoms with Crippen LogP contribution in [-0.2, 0) is 14.8 Å². The molecule has 2 aromatic carbocycles. The van der Waals surface area contributed by atoms with Crippen LogP contribution in [0.15, 0.2) is 53.0 Å². The minimum absolute atomic E-state index is 0.0211. The summed E-state index contributed by atoms with van der Waals surface area (Å²) in [5.41, 5.74) is 1.37. The van der Waals surface area contributed by atoms with Crippen molar-refractivity contribution in [1.82, 2.24) is 4.72 Å². The van der Waals surface area contributed by atoms with Gasteiger partial charge in [-0.15, -0.1) is 0 Å². The number of halogens is 2. The van der Waals surface area contributed by atoms with Gasteiger partial charge in [0, 0.05) is 11.3 Å². The lowest BCUT2D eigenvalue weighted by molar-refractivity contribution is -0.114. The smallest absolute Gasteiger partial charge is 0.264 e. The van der Waals surface area contributed by atoms with Crippen LogP contribution in [0.2, 0.25) is 0 Å². The van der Waals surface area contributed by atoms with Crippen LogP contribution in [0.1, 0.15) is 18.1 Å². The van der Waals surface area contributed by atoms with E-state index < -0.39 is 27.6 Å². The average molecular weight is 405 g/mol. The molecule has 146 valence electrons. The highest BCUT2D eigenvalue weighted by atomic mass is 32.2. The van der Waals surface area contributed by atoms with Crippen molar-refractivity contribution < 1.29 is 22.0 Å². The maximum atomic E-state index is 13.5. The predicted molar refractivity (Wildman–Crippen MR) is 103 cm³/mol. The van der Waals surface area contributed by atoms with Crippen LogP contribution >= 0.6 is 0 Å². The SMILES string of the molecule is CC1=C(c2ccc(F)cc2)S(=O)(=O)NC1=NCC(=O)Nc1ccc(C)c(F)c1. The number of rotatable bonds is 4. The molecule has 0 bridgehead atoms. The van der Waals surface area contributed by atoms with Crippen LogP contribution in [0.25, 0.3) is 4.91 Å². The summed E-state index contributed by atoms with van der Waals surface area (Å²) in [6, 6.07) is 9.31. The van der Waals surface area contributed by atoms with Gasteiger partial charge in [0.05, 0.1) is 0 Å². The zero-order valence-corrected chi connectivity index (χ0v) is 15.9. The third kappa shape index (κ3) is 4.09. The molecule has 3 rings (SSSR count). The molecule has 0 unspecified atom stereocenters. The maximum Gasteiger partial charge on any atom is 0.264 e. The van der Waals surface area contributed by atoms with E-state index in [-0.39, 0.29) is 23.0 Å². The van der Waals surface area contributed by atoms with Gasteiger partial charge in [-0.3, -0.25) is 14.5 Å². The van der Waals surface area contributed by atoms with E-state index >= 15 is 0 Å². The molecule has 1 heterocycles. The fourth-order valence-corrected chi connectivity index (χ4v) is 4.23. The topological polar surface area (TPSA) is 87.6 Å². The Bertz CT molecular complexity index is 1110. The lowest BCUT2D eigenvalue weighted by Crippen LogP contribution is -2.25. The van der Waals surface area contributed by atoms with Crippen molar-refractivity contribution in [2.75, 3.05) is 11.9 Å². The molecular formula is C19H17F2N3O3S. The Labute approximate surface area is 161 Å². The number of hydrogen-bond donors (Lipinski definition) is 2. The first-order valence-electron chi connectivity index (χ1n) is 8.28. The van der Waals surface area contributed by atoms with E-state index in [1.165, 1.54) is 24.3 Å². The van der Waals surface area contributed by atoms with Gasteiger partial charge in [-0.25, -0.2) is 17.2 Å². The van der Waals surface area contributed by atoms with Gasteiger partial charge in [0.2, 0.25) is 5.91 Å². The van der Waals surface area contributed by atoms with E-state index in [0.29, 0.717) is 16.7 Å². The highest BCUT2D eigenvalue weighted by molar-refractivity contribution is 8.00. The van der Waals surface area contributed by atoms with Crippen LogP contribution in [0, 0.1) is 18.6 Å². The van der Waals surface area contributed by atoms with Crippen molar-refractivity contribution in [3.8, 4) is 0 Å². The molecule has 28 heavy (non-hydrogen) atoms. The second-order valence-corrected chi connectivity index (χ2v) is 7.86. The number of nitrogens with one attached hydrogen (secondary N) is 2. The van der Waals surface area contributed by atoms with Gasteiger partial charge in [-0.2, -0.15) is 0 Å².